The van der Waals surface area contributed by atoms with Gasteiger partial charge in [-0.1, -0.05) is 48.0 Å². The zero-order chi connectivity index (χ0) is 22.4. The molecular formula is C24H19ClN6O. The molecule has 4 aromatic rings. The first kappa shape index (κ1) is 20.2. The Labute approximate surface area is 188 Å². The largest absolute Gasteiger partial charge is 0.325 e. The molecule has 0 spiro atoms. The van der Waals surface area contributed by atoms with E-state index in [0.717, 1.165) is 27.3 Å². The zero-order valence-corrected chi connectivity index (χ0v) is 18.0. The van der Waals surface area contributed by atoms with Gasteiger partial charge in [-0.2, -0.15) is 15.5 Å². The molecule has 2 heterocycles. The fourth-order valence-electron chi connectivity index (χ4n) is 4.46. The summed E-state index contributed by atoms with van der Waals surface area (Å²) in [5.41, 5.74) is 8.70. The highest BCUT2D eigenvalue weighted by Gasteiger charge is 2.32. The Balaban J connectivity index is 1.76. The molecule has 8 heteroatoms. The first-order chi connectivity index (χ1) is 15.5. The van der Waals surface area contributed by atoms with E-state index in [1.54, 1.807) is 16.9 Å². The zero-order valence-electron chi connectivity index (χ0n) is 17.2. The maximum Gasteiger partial charge on any atom is 0.272 e. The second-order valence-electron chi connectivity index (χ2n) is 7.77. The molecule has 0 saturated heterocycles. The summed E-state index contributed by atoms with van der Waals surface area (Å²) in [6.07, 6.45) is 3.72. The Hall–Kier alpha value is -3.73. The second kappa shape index (κ2) is 7.75. The van der Waals surface area contributed by atoms with Gasteiger partial charge < -0.3 is 5.73 Å². The van der Waals surface area contributed by atoms with Crippen LogP contribution in [0.5, 0.6) is 0 Å². The van der Waals surface area contributed by atoms with Crippen LogP contribution in [0, 0.1) is 17.2 Å². The Morgan fingerprint density at radius 3 is 2.84 bits per heavy atom. The van der Waals surface area contributed by atoms with Crippen LogP contribution in [0.4, 0.5) is 0 Å². The van der Waals surface area contributed by atoms with E-state index in [2.05, 4.69) is 21.4 Å². The number of H-pyrrole nitrogens is 1. The lowest BCUT2D eigenvalue weighted by atomic mass is 9.82. The van der Waals surface area contributed by atoms with Crippen molar-refractivity contribution >= 4 is 33.5 Å². The van der Waals surface area contributed by atoms with Crippen molar-refractivity contribution in [3.05, 3.63) is 80.8 Å². The number of aryl methyl sites for hydroxylation is 1. The van der Waals surface area contributed by atoms with Crippen molar-refractivity contribution in [1.82, 2.24) is 20.0 Å². The second-order valence-corrected chi connectivity index (χ2v) is 8.17. The van der Waals surface area contributed by atoms with Crippen molar-refractivity contribution in [3.8, 4) is 17.2 Å². The van der Waals surface area contributed by atoms with E-state index >= 15 is 0 Å². The molecule has 2 aromatic heterocycles. The molecule has 0 aliphatic heterocycles. The van der Waals surface area contributed by atoms with Crippen LogP contribution in [0.3, 0.4) is 0 Å². The number of nitrogens with one attached hydrogen (secondary N) is 1. The summed E-state index contributed by atoms with van der Waals surface area (Å²) in [6.45, 7) is 0.196. The summed E-state index contributed by atoms with van der Waals surface area (Å²) >= 11 is 6.91. The average molecular weight is 443 g/mol. The summed E-state index contributed by atoms with van der Waals surface area (Å²) in [6, 6.07) is 15.7. The average Bonchev–Trinajstić information content (AvgIpc) is 3.20. The number of benzene rings is 2. The lowest BCUT2D eigenvalue weighted by molar-refractivity contribution is 0.647. The van der Waals surface area contributed by atoms with Crippen molar-refractivity contribution in [3.63, 3.8) is 0 Å². The molecule has 0 radical (unpaired) electrons. The molecular weight excluding hydrogens is 424 g/mol. The lowest BCUT2D eigenvalue weighted by Gasteiger charge is -2.24. The number of hydrogen-bond acceptors (Lipinski definition) is 5. The maximum atomic E-state index is 12.2. The standard InChI is InChI=1S/C24H19ClN6O/c1-31-23(21-15(10-26)8-13-4-2-3-5-16(13)22(21)25)19(12-28-31)14-6-7-17-18(9-14)20(11-27)29-30-24(17)32/h2-9,12,15,21H,11,27H2,1H3,(H,30,32)/t15-,21-/m0/s1. The first-order valence-electron chi connectivity index (χ1n) is 10.1. The molecule has 32 heavy (non-hydrogen) atoms. The Bertz CT molecular complexity index is 1590. The molecule has 158 valence electrons. The van der Waals surface area contributed by atoms with Crippen LogP contribution in [0.2, 0.25) is 0 Å². The number of aromatic amines is 1. The van der Waals surface area contributed by atoms with Gasteiger partial charge in [0.2, 0.25) is 0 Å². The number of halogens is 1. The van der Waals surface area contributed by atoms with Crippen molar-refractivity contribution in [1.29, 1.82) is 5.26 Å². The van der Waals surface area contributed by atoms with Gasteiger partial charge in [0.15, 0.2) is 0 Å². The van der Waals surface area contributed by atoms with Gasteiger partial charge >= 0.3 is 0 Å². The van der Waals surface area contributed by atoms with Crippen LogP contribution in [-0.4, -0.2) is 20.0 Å². The molecule has 3 N–H and O–H groups in total. The molecule has 5 rings (SSSR count). The Kier molecular flexibility index (Phi) is 4.89. The van der Waals surface area contributed by atoms with Gasteiger partial charge in [0.25, 0.3) is 5.56 Å². The van der Waals surface area contributed by atoms with E-state index in [0.29, 0.717) is 21.5 Å². The molecule has 2 atom stereocenters. The number of fused-ring (bicyclic) bond motifs is 2. The number of nitriles is 1. The third-order valence-electron chi connectivity index (χ3n) is 6.01. The molecule has 0 unspecified atom stereocenters. The van der Waals surface area contributed by atoms with Gasteiger partial charge in [-0.05, 0) is 28.1 Å². The van der Waals surface area contributed by atoms with Gasteiger partial charge in [0, 0.05) is 29.6 Å². The first-order valence-corrected chi connectivity index (χ1v) is 10.5. The quantitative estimate of drug-likeness (QED) is 0.502. The summed E-state index contributed by atoms with van der Waals surface area (Å²) in [7, 11) is 1.84. The van der Waals surface area contributed by atoms with Gasteiger partial charge in [-0.25, -0.2) is 5.10 Å². The smallest absolute Gasteiger partial charge is 0.272 e. The summed E-state index contributed by atoms with van der Waals surface area (Å²) in [5.74, 6) is -0.822. The predicted molar refractivity (Wildman–Crippen MR) is 124 cm³/mol. The van der Waals surface area contributed by atoms with Crippen LogP contribution in [0.15, 0.2) is 53.5 Å². The van der Waals surface area contributed by atoms with Crippen molar-refractivity contribution in [2.45, 2.75) is 12.5 Å². The van der Waals surface area contributed by atoms with Gasteiger partial charge in [0.1, 0.15) is 0 Å². The normalized spacial score (nSPS) is 17.6. The Morgan fingerprint density at radius 2 is 2.06 bits per heavy atom. The SMILES string of the molecule is Cn1ncc(-c2ccc3c(=O)[nH]nc(CN)c3c2)c1[C@@H]1C(Cl)=c2ccccc2=C[C@H]1C#N. The van der Waals surface area contributed by atoms with Crippen LogP contribution < -0.4 is 21.7 Å². The minimum Gasteiger partial charge on any atom is -0.325 e. The maximum absolute atomic E-state index is 12.2. The molecule has 7 nitrogen and oxygen atoms in total. The molecule has 0 saturated carbocycles. The number of hydrogen-bond donors (Lipinski definition) is 2. The van der Waals surface area contributed by atoms with Crippen LogP contribution in [0.1, 0.15) is 17.3 Å². The van der Waals surface area contributed by atoms with E-state index in [1.807, 2.05) is 49.5 Å². The van der Waals surface area contributed by atoms with E-state index in [4.69, 9.17) is 17.3 Å². The van der Waals surface area contributed by atoms with Crippen molar-refractivity contribution in [2.24, 2.45) is 18.7 Å². The van der Waals surface area contributed by atoms with Crippen LogP contribution >= 0.6 is 11.6 Å². The van der Waals surface area contributed by atoms with E-state index in [9.17, 15) is 10.1 Å². The van der Waals surface area contributed by atoms with Crippen molar-refractivity contribution in [2.75, 3.05) is 0 Å². The molecule has 2 aromatic carbocycles. The van der Waals surface area contributed by atoms with E-state index in [1.165, 1.54) is 0 Å². The van der Waals surface area contributed by atoms with Crippen molar-refractivity contribution < 1.29 is 0 Å². The number of rotatable bonds is 3. The highest BCUT2D eigenvalue weighted by atomic mass is 35.5. The Morgan fingerprint density at radius 1 is 1.25 bits per heavy atom. The lowest BCUT2D eigenvalue weighted by Crippen LogP contribution is -2.34. The minimum atomic E-state index is -0.448. The molecule has 0 fully saturated rings. The number of nitrogens with zero attached hydrogens (tertiary/aromatic N) is 4. The molecule has 0 amide bonds. The topological polar surface area (TPSA) is 113 Å². The third-order valence-corrected chi connectivity index (χ3v) is 6.45. The molecule has 1 aliphatic carbocycles. The number of nitrogens with two attached hydrogens (primary N) is 1. The molecule has 0 bridgehead atoms. The van der Waals surface area contributed by atoms with Gasteiger partial charge in [0.05, 0.1) is 40.9 Å². The monoisotopic (exact) mass is 442 g/mol. The fraction of sp³-hybridized carbons (Fsp3) is 0.167. The van der Waals surface area contributed by atoms with E-state index < -0.39 is 5.92 Å². The van der Waals surface area contributed by atoms with Gasteiger partial charge in [-0.15, -0.1) is 0 Å². The van der Waals surface area contributed by atoms with E-state index in [-0.39, 0.29) is 18.0 Å². The number of aromatic nitrogens is 4. The molecule has 1 aliphatic rings. The summed E-state index contributed by atoms with van der Waals surface area (Å²) in [4.78, 5) is 12.2. The third kappa shape index (κ3) is 3.04. The predicted octanol–water partition coefficient (Wildman–Crippen LogP) is 1.85. The summed E-state index contributed by atoms with van der Waals surface area (Å²) in [5, 5.41) is 24.7. The van der Waals surface area contributed by atoms with Gasteiger partial charge in [-0.3, -0.25) is 9.48 Å². The highest BCUT2D eigenvalue weighted by molar-refractivity contribution is 6.46. The van der Waals surface area contributed by atoms with Crippen LogP contribution in [0.25, 0.3) is 33.0 Å². The van der Waals surface area contributed by atoms with Crippen LogP contribution in [-0.2, 0) is 13.6 Å². The fourth-order valence-corrected chi connectivity index (χ4v) is 4.87. The minimum absolute atomic E-state index is 0.196. The highest BCUT2D eigenvalue weighted by Crippen LogP contribution is 2.41. The summed E-state index contributed by atoms with van der Waals surface area (Å²) < 4.78 is 1.76.